The van der Waals surface area contributed by atoms with Gasteiger partial charge in [-0.25, -0.2) is 0 Å². The van der Waals surface area contributed by atoms with E-state index in [0.29, 0.717) is 12.0 Å². The number of hydrogen-bond donors (Lipinski definition) is 1. The van der Waals surface area contributed by atoms with Gasteiger partial charge in [0.05, 0.1) is 0 Å². The summed E-state index contributed by atoms with van der Waals surface area (Å²) in [5.41, 5.74) is -0.132. The minimum atomic E-state index is -1.30. The summed E-state index contributed by atoms with van der Waals surface area (Å²) in [5.74, 6) is -0.146. The molecule has 1 aromatic rings. The van der Waals surface area contributed by atoms with Crippen LogP contribution in [0.4, 0.5) is 0 Å². The molecule has 2 nitrogen and oxygen atoms in total. The van der Waals surface area contributed by atoms with Gasteiger partial charge in [0.25, 0.3) is 0 Å². The Kier molecular flexibility index (Phi) is 3.16. The van der Waals surface area contributed by atoms with E-state index in [-0.39, 0.29) is 5.78 Å². The van der Waals surface area contributed by atoms with Gasteiger partial charge in [-0.05, 0) is 25.3 Å². The number of rotatable bonds is 2. The van der Waals surface area contributed by atoms with E-state index >= 15 is 0 Å². The third-order valence-corrected chi connectivity index (χ3v) is 4.04. The van der Waals surface area contributed by atoms with E-state index in [1.54, 1.807) is 0 Å². The van der Waals surface area contributed by atoms with Crippen LogP contribution in [0, 0.1) is 5.41 Å². The monoisotopic (exact) mass is 244 g/mol. The molecule has 0 spiro atoms. The molecule has 1 aromatic carbocycles. The molecule has 0 saturated carbocycles. The van der Waals surface area contributed by atoms with Crippen LogP contribution in [-0.2, 0) is 6.42 Å². The Hall–Kier alpha value is -1.41. The molecule has 1 atom stereocenters. The third-order valence-electron chi connectivity index (χ3n) is 4.04. The van der Waals surface area contributed by atoms with Crippen molar-refractivity contribution >= 4 is 5.78 Å². The van der Waals surface area contributed by atoms with Gasteiger partial charge in [0, 0.05) is 11.0 Å². The summed E-state index contributed by atoms with van der Waals surface area (Å²) in [6.07, 6.45) is 5.05. The Balaban J connectivity index is 2.48. The average molecular weight is 244 g/mol. The third kappa shape index (κ3) is 1.81. The zero-order valence-corrected chi connectivity index (χ0v) is 11.2. The number of ketones is 1. The van der Waals surface area contributed by atoms with E-state index < -0.39 is 11.0 Å². The highest BCUT2D eigenvalue weighted by molar-refractivity contribution is 6.05. The molecule has 1 N–H and O–H groups in total. The maximum atomic E-state index is 12.6. The first-order valence-corrected chi connectivity index (χ1v) is 6.41. The Morgan fingerprint density at radius 3 is 2.67 bits per heavy atom. The Bertz CT molecular complexity index is 500. The van der Waals surface area contributed by atoms with Crippen LogP contribution < -0.4 is 0 Å². The van der Waals surface area contributed by atoms with Crippen LogP contribution in [0.25, 0.3) is 0 Å². The maximum absolute atomic E-state index is 12.6. The van der Waals surface area contributed by atoms with Crippen molar-refractivity contribution in [3.63, 3.8) is 0 Å². The molecule has 0 heterocycles. The lowest BCUT2D eigenvalue weighted by Gasteiger charge is -2.42. The summed E-state index contributed by atoms with van der Waals surface area (Å²) in [4.78, 5) is 12.6. The lowest BCUT2D eigenvalue weighted by atomic mass is 9.65. The summed E-state index contributed by atoms with van der Waals surface area (Å²) in [6.45, 7) is 5.74. The summed E-state index contributed by atoms with van der Waals surface area (Å²) in [6, 6.07) is 7.57. The van der Waals surface area contributed by atoms with E-state index in [0.717, 1.165) is 12.0 Å². The number of carbonyl (C=O) groups is 1. The lowest BCUT2D eigenvalue weighted by molar-refractivity contribution is -0.0286. The van der Waals surface area contributed by atoms with Crippen molar-refractivity contribution in [3.05, 3.63) is 47.5 Å². The lowest BCUT2D eigenvalue weighted by Crippen LogP contribution is -2.53. The number of fused-ring (bicyclic) bond motifs is 1. The van der Waals surface area contributed by atoms with Crippen LogP contribution in [0.3, 0.4) is 0 Å². The summed E-state index contributed by atoms with van der Waals surface area (Å²) < 4.78 is 0. The van der Waals surface area contributed by atoms with Crippen molar-refractivity contribution in [2.75, 3.05) is 0 Å². The largest absolute Gasteiger partial charge is 0.381 e. The van der Waals surface area contributed by atoms with Crippen LogP contribution in [-0.4, -0.2) is 16.5 Å². The topological polar surface area (TPSA) is 37.3 Å². The van der Waals surface area contributed by atoms with Gasteiger partial charge in [0.1, 0.15) is 5.60 Å². The number of hydrogen-bond acceptors (Lipinski definition) is 2. The highest BCUT2D eigenvalue weighted by atomic mass is 16.3. The summed E-state index contributed by atoms with van der Waals surface area (Å²) in [7, 11) is 0. The molecule has 18 heavy (non-hydrogen) atoms. The zero-order chi connectivity index (χ0) is 13.4. The molecule has 1 aliphatic carbocycles. The molecule has 1 aliphatic rings. The molecule has 1 unspecified atom stereocenters. The first-order chi connectivity index (χ1) is 8.42. The average Bonchev–Trinajstić information content (AvgIpc) is 2.34. The van der Waals surface area contributed by atoms with Gasteiger partial charge in [-0.2, -0.15) is 0 Å². The standard InChI is InChI=1S/C16H20O2/c1-4-10-15(2,3)16(18)11-9-12-7-5-6-8-13(12)14(16)17/h4-8,10,18H,9,11H2,1-3H3/b10-4+. The molecular weight excluding hydrogens is 224 g/mol. The zero-order valence-electron chi connectivity index (χ0n) is 11.2. The van der Waals surface area contributed by atoms with Crippen molar-refractivity contribution < 1.29 is 9.90 Å². The Morgan fingerprint density at radius 2 is 2.00 bits per heavy atom. The number of benzene rings is 1. The molecule has 0 radical (unpaired) electrons. The van der Waals surface area contributed by atoms with Crippen LogP contribution in [0.2, 0.25) is 0 Å². The minimum absolute atomic E-state index is 0.146. The van der Waals surface area contributed by atoms with Crippen molar-refractivity contribution in [1.29, 1.82) is 0 Å². The number of allylic oxidation sites excluding steroid dienone is 1. The predicted molar refractivity (Wildman–Crippen MR) is 72.6 cm³/mol. The normalized spacial score (nSPS) is 24.3. The van der Waals surface area contributed by atoms with Gasteiger partial charge in [0.15, 0.2) is 5.78 Å². The van der Waals surface area contributed by atoms with E-state index in [2.05, 4.69) is 0 Å². The van der Waals surface area contributed by atoms with Gasteiger partial charge >= 0.3 is 0 Å². The van der Waals surface area contributed by atoms with Crippen LogP contribution in [0.1, 0.15) is 43.1 Å². The molecule has 0 fully saturated rings. The SMILES string of the molecule is C/C=C/C(C)(C)C1(O)CCc2ccccc2C1=O. The Labute approximate surface area is 108 Å². The van der Waals surface area contributed by atoms with Gasteiger partial charge in [0.2, 0.25) is 0 Å². The summed E-state index contributed by atoms with van der Waals surface area (Å²) in [5, 5.41) is 10.8. The van der Waals surface area contributed by atoms with E-state index in [1.165, 1.54) is 0 Å². The second-order valence-corrected chi connectivity index (χ2v) is 5.57. The smallest absolute Gasteiger partial charge is 0.195 e. The molecule has 96 valence electrons. The highest BCUT2D eigenvalue weighted by Gasteiger charge is 2.50. The van der Waals surface area contributed by atoms with Crippen LogP contribution >= 0.6 is 0 Å². The molecule has 0 amide bonds. The van der Waals surface area contributed by atoms with Crippen LogP contribution in [0.5, 0.6) is 0 Å². The van der Waals surface area contributed by atoms with Gasteiger partial charge in [-0.15, -0.1) is 0 Å². The van der Waals surface area contributed by atoms with E-state index in [9.17, 15) is 9.90 Å². The maximum Gasteiger partial charge on any atom is 0.195 e. The van der Waals surface area contributed by atoms with Crippen molar-refractivity contribution in [1.82, 2.24) is 0 Å². The Morgan fingerprint density at radius 1 is 1.33 bits per heavy atom. The summed E-state index contributed by atoms with van der Waals surface area (Å²) >= 11 is 0. The molecule has 2 heteroatoms. The highest BCUT2D eigenvalue weighted by Crippen LogP contribution is 2.42. The number of aryl methyl sites for hydroxylation is 1. The van der Waals surface area contributed by atoms with E-state index in [4.69, 9.17) is 0 Å². The predicted octanol–water partition coefficient (Wildman–Crippen LogP) is 3.15. The fourth-order valence-electron chi connectivity index (χ4n) is 2.78. The first-order valence-electron chi connectivity index (χ1n) is 6.41. The number of carbonyl (C=O) groups excluding carboxylic acids is 1. The van der Waals surface area contributed by atoms with E-state index in [1.807, 2.05) is 57.2 Å². The molecule has 0 aliphatic heterocycles. The van der Waals surface area contributed by atoms with Crippen molar-refractivity contribution in [2.24, 2.45) is 5.41 Å². The minimum Gasteiger partial charge on any atom is -0.381 e. The fraction of sp³-hybridized carbons (Fsp3) is 0.438. The second-order valence-electron chi connectivity index (χ2n) is 5.57. The van der Waals surface area contributed by atoms with Gasteiger partial charge in [-0.3, -0.25) is 4.79 Å². The van der Waals surface area contributed by atoms with Crippen molar-refractivity contribution in [2.45, 2.75) is 39.2 Å². The van der Waals surface area contributed by atoms with Crippen LogP contribution in [0.15, 0.2) is 36.4 Å². The molecule has 0 saturated heterocycles. The molecule has 0 aromatic heterocycles. The molecule has 0 bridgehead atoms. The molecule has 2 rings (SSSR count). The fourth-order valence-corrected chi connectivity index (χ4v) is 2.78. The number of aliphatic hydroxyl groups is 1. The second kappa shape index (κ2) is 4.36. The van der Waals surface area contributed by atoms with Crippen molar-refractivity contribution in [3.8, 4) is 0 Å². The van der Waals surface area contributed by atoms with Gasteiger partial charge in [-0.1, -0.05) is 50.3 Å². The number of Topliss-reactive ketones (excluding diaryl/α,β-unsaturated/α-hetero) is 1. The molecular formula is C16H20O2. The quantitative estimate of drug-likeness (QED) is 0.811. The first kappa shape index (κ1) is 13.0. The van der Waals surface area contributed by atoms with Gasteiger partial charge < -0.3 is 5.11 Å².